The van der Waals surface area contributed by atoms with Crippen molar-refractivity contribution in [2.45, 2.75) is 39.3 Å². The number of aryl methyl sites for hydroxylation is 4. The molecule has 2 heterocycles. The molecule has 0 saturated heterocycles. The van der Waals surface area contributed by atoms with Gasteiger partial charge in [-0.05, 0) is 45.4 Å². The Bertz CT molecular complexity index is 1230. The average Bonchev–Trinajstić information content (AvgIpc) is 2.87. The van der Waals surface area contributed by atoms with Crippen molar-refractivity contribution in [3.63, 3.8) is 0 Å². The number of carbonyl (C=O) groups is 2. The Labute approximate surface area is 198 Å². The molecule has 0 fully saturated rings. The second-order valence-corrected chi connectivity index (χ2v) is 8.78. The first-order chi connectivity index (χ1) is 16.1. The van der Waals surface area contributed by atoms with E-state index in [-0.39, 0.29) is 18.5 Å². The van der Waals surface area contributed by atoms with E-state index in [1.165, 1.54) is 0 Å². The smallest absolute Gasteiger partial charge is 0.347 e. The molecule has 8 nitrogen and oxygen atoms in total. The number of likely N-dealkylation sites (N-methyl/N-ethyl adjacent to an activating group) is 1. The number of hydrogen-bond acceptors (Lipinski definition) is 6. The van der Waals surface area contributed by atoms with Crippen LogP contribution in [-0.2, 0) is 15.1 Å². The fourth-order valence-corrected chi connectivity index (χ4v) is 4.68. The van der Waals surface area contributed by atoms with Crippen molar-refractivity contribution in [1.29, 1.82) is 0 Å². The van der Waals surface area contributed by atoms with Gasteiger partial charge >= 0.3 is 12.0 Å². The molecule has 4 rings (SSSR count). The number of nitrogens with one attached hydrogen (secondary N) is 1. The highest BCUT2D eigenvalue weighted by Crippen LogP contribution is 2.42. The van der Waals surface area contributed by atoms with Gasteiger partial charge in [0, 0.05) is 29.7 Å². The molecule has 1 aliphatic rings. The predicted molar refractivity (Wildman–Crippen MR) is 128 cm³/mol. The van der Waals surface area contributed by atoms with Gasteiger partial charge < -0.3 is 14.7 Å². The average molecular weight is 461 g/mol. The largest absolute Gasteiger partial charge is 0.478 e. The van der Waals surface area contributed by atoms with Crippen LogP contribution in [-0.4, -0.2) is 46.6 Å². The molecule has 0 bridgehead atoms. The second kappa shape index (κ2) is 8.87. The summed E-state index contributed by atoms with van der Waals surface area (Å²) in [5.74, 6) is -1.40. The van der Waals surface area contributed by atoms with Crippen LogP contribution in [0.25, 0.3) is 0 Å². The molecule has 0 aliphatic carbocycles. The minimum atomic E-state index is -1.48. The number of nitrogens with zero attached hydrogens (tertiary/aromatic N) is 3. The van der Waals surface area contributed by atoms with Gasteiger partial charge in [-0.25, -0.2) is 14.8 Å². The van der Waals surface area contributed by atoms with Crippen molar-refractivity contribution < 1.29 is 19.4 Å². The maximum atomic E-state index is 12.9. The van der Waals surface area contributed by atoms with Crippen LogP contribution in [0.1, 0.15) is 33.6 Å². The van der Waals surface area contributed by atoms with E-state index in [0.717, 1.165) is 11.1 Å². The van der Waals surface area contributed by atoms with Gasteiger partial charge in [0.1, 0.15) is 5.54 Å². The van der Waals surface area contributed by atoms with Crippen LogP contribution in [0.15, 0.2) is 48.5 Å². The lowest BCUT2D eigenvalue weighted by Gasteiger charge is -2.39. The summed E-state index contributed by atoms with van der Waals surface area (Å²) in [7, 11) is 1.68. The van der Waals surface area contributed by atoms with Gasteiger partial charge in [-0.15, -0.1) is 0 Å². The highest BCUT2D eigenvalue weighted by Gasteiger charge is 2.52. The summed E-state index contributed by atoms with van der Waals surface area (Å²) in [5.41, 5.74) is 3.75. The maximum Gasteiger partial charge on any atom is 0.347 e. The number of rotatable bonds is 5. The Morgan fingerprint density at radius 2 is 1.68 bits per heavy atom. The molecule has 0 radical (unpaired) electrons. The predicted octanol–water partition coefficient (Wildman–Crippen LogP) is 3.05. The molecular weight excluding hydrogens is 432 g/mol. The van der Waals surface area contributed by atoms with Gasteiger partial charge in [0.25, 0.3) is 0 Å². The van der Waals surface area contributed by atoms with Crippen molar-refractivity contribution >= 4 is 17.6 Å². The lowest BCUT2D eigenvalue weighted by Crippen LogP contribution is -2.58. The number of ether oxygens (including phenoxy) is 1. The quantitative estimate of drug-likeness (QED) is 0.603. The van der Waals surface area contributed by atoms with E-state index in [2.05, 4.69) is 15.3 Å². The summed E-state index contributed by atoms with van der Waals surface area (Å²) in [5, 5.41) is 13.8. The van der Waals surface area contributed by atoms with E-state index < -0.39 is 17.6 Å². The van der Waals surface area contributed by atoms with E-state index in [1.807, 2.05) is 56.3 Å². The molecule has 0 saturated carbocycles. The van der Waals surface area contributed by atoms with Gasteiger partial charge in [0.2, 0.25) is 12.0 Å². The van der Waals surface area contributed by atoms with Crippen LogP contribution in [0.5, 0.6) is 6.01 Å². The topological polar surface area (TPSA) is 105 Å². The number of para-hydroxylation sites is 1. The van der Waals surface area contributed by atoms with E-state index >= 15 is 0 Å². The number of fused-ring (bicyclic) bond motifs is 1. The number of carboxylic acid groups (broad SMARTS) is 1. The van der Waals surface area contributed by atoms with Gasteiger partial charge in [0.15, 0.2) is 0 Å². The van der Waals surface area contributed by atoms with E-state index in [4.69, 9.17) is 4.74 Å². The molecule has 2 atom stereocenters. The molecule has 1 aliphatic heterocycles. The summed E-state index contributed by atoms with van der Waals surface area (Å²) < 4.78 is 6.08. The van der Waals surface area contributed by atoms with Crippen LogP contribution in [0.2, 0.25) is 0 Å². The molecule has 2 aromatic carbocycles. The zero-order valence-corrected chi connectivity index (χ0v) is 19.9. The number of anilines is 1. The lowest BCUT2D eigenvalue weighted by molar-refractivity contribution is -0.149. The van der Waals surface area contributed by atoms with E-state index in [1.54, 1.807) is 31.9 Å². The van der Waals surface area contributed by atoms with Crippen molar-refractivity contribution in [2.24, 2.45) is 0 Å². The molecule has 176 valence electrons. The Hall–Kier alpha value is -3.78. The number of carbonyl (C=O) groups excluding carboxylic acids is 1. The zero-order valence-electron chi connectivity index (χ0n) is 19.9. The Morgan fingerprint density at radius 1 is 1.06 bits per heavy atom. The molecular formula is C26H28N4O4. The summed E-state index contributed by atoms with van der Waals surface area (Å²) in [4.78, 5) is 36.0. The van der Waals surface area contributed by atoms with Crippen molar-refractivity contribution in [3.8, 4) is 6.01 Å². The molecule has 3 aromatic rings. The molecule has 34 heavy (non-hydrogen) atoms. The maximum absolute atomic E-state index is 12.9. The highest BCUT2D eigenvalue weighted by atomic mass is 16.5. The number of benzene rings is 2. The van der Waals surface area contributed by atoms with Gasteiger partial charge in [0.05, 0.1) is 6.54 Å². The first-order valence-corrected chi connectivity index (χ1v) is 11.0. The number of aromatic nitrogens is 2. The Balaban J connectivity index is 2.04. The standard InChI is InChI=1S/C26H28N4O4/c1-15-10-16(2)12-19(11-15)26(20-8-6-7-9-21(20)30(5)22(31)14-27-26)23(24(32)33)34-25-28-17(3)13-18(4)29-25/h6-13,23,27H,14H2,1-5H3,(H,32,33)/t23-,26+/m1/s1. The van der Waals surface area contributed by atoms with Gasteiger partial charge in [-0.2, -0.15) is 0 Å². The normalized spacial score (nSPS) is 18.7. The minimum Gasteiger partial charge on any atom is -0.478 e. The summed E-state index contributed by atoms with van der Waals surface area (Å²) in [6, 6.07) is 14.9. The molecule has 1 amide bonds. The van der Waals surface area contributed by atoms with Gasteiger partial charge in [-0.1, -0.05) is 47.5 Å². The van der Waals surface area contributed by atoms with Crippen LogP contribution in [0.3, 0.4) is 0 Å². The third-order valence-corrected chi connectivity index (χ3v) is 6.06. The van der Waals surface area contributed by atoms with Crippen molar-refractivity contribution in [1.82, 2.24) is 15.3 Å². The summed E-state index contributed by atoms with van der Waals surface area (Å²) in [6.07, 6.45) is -1.48. The molecule has 1 aromatic heterocycles. The fraction of sp³-hybridized carbons (Fsp3) is 0.308. The number of hydrogen-bond donors (Lipinski definition) is 2. The number of aliphatic carboxylic acids is 1. The van der Waals surface area contributed by atoms with Crippen LogP contribution in [0.4, 0.5) is 5.69 Å². The van der Waals surface area contributed by atoms with E-state index in [0.29, 0.717) is 28.2 Å². The van der Waals surface area contributed by atoms with Gasteiger partial charge in [-0.3, -0.25) is 10.1 Å². The molecule has 0 unspecified atom stereocenters. The Kier molecular flexibility index (Phi) is 6.10. The molecule has 2 N–H and O–H groups in total. The first kappa shape index (κ1) is 23.4. The van der Waals surface area contributed by atoms with Crippen molar-refractivity contribution in [3.05, 3.63) is 82.2 Å². The summed E-state index contributed by atoms with van der Waals surface area (Å²) >= 11 is 0. The van der Waals surface area contributed by atoms with Crippen LogP contribution in [0, 0.1) is 27.7 Å². The molecule has 8 heteroatoms. The monoisotopic (exact) mass is 460 g/mol. The number of amides is 1. The van der Waals surface area contributed by atoms with Crippen molar-refractivity contribution in [2.75, 3.05) is 18.5 Å². The lowest BCUT2D eigenvalue weighted by atomic mass is 9.76. The third-order valence-electron chi connectivity index (χ3n) is 6.06. The number of carboxylic acids is 1. The van der Waals surface area contributed by atoms with Crippen LogP contribution < -0.4 is 15.0 Å². The highest BCUT2D eigenvalue weighted by molar-refractivity contribution is 5.97. The minimum absolute atomic E-state index is 0.0307. The molecule has 0 spiro atoms. The summed E-state index contributed by atoms with van der Waals surface area (Å²) in [6.45, 7) is 7.41. The SMILES string of the molecule is Cc1cc(C)cc([C@]2([C@H](Oc3nc(C)cc(C)n3)C(=O)O)NCC(=O)N(C)c3ccccc32)c1. The fourth-order valence-electron chi connectivity index (χ4n) is 4.68. The third kappa shape index (κ3) is 4.12. The van der Waals surface area contributed by atoms with E-state index in [9.17, 15) is 14.7 Å². The van der Waals surface area contributed by atoms with Crippen LogP contribution >= 0.6 is 0 Å². The Morgan fingerprint density at radius 3 is 2.29 bits per heavy atom. The zero-order chi connectivity index (χ0) is 24.6. The first-order valence-electron chi connectivity index (χ1n) is 11.0. The second-order valence-electron chi connectivity index (χ2n) is 8.78.